The van der Waals surface area contributed by atoms with Gasteiger partial charge in [0.25, 0.3) is 0 Å². The molecule has 0 aliphatic heterocycles. The Hall–Kier alpha value is -1.31. The summed E-state index contributed by atoms with van der Waals surface area (Å²) in [7, 11) is -2.10. The van der Waals surface area contributed by atoms with E-state index in [2.05, 4.69) is 4.72 Å². The van der Waals surface area contributed by atoms with Crippen molar-refractivity contribution in [1.29, 1.82) is 0 Å². The zero-order chi connectivity index (χ0) is 14.8. The minimum Gasteiger partial charge on any atom is -0.495 e. The topological polar surface area (TPSA) is 90.7 Å². The molecule has 112 valence electrons. The molecule has 1 fully saturated rings. The average molecular weight is 300 g/mol. The molecule has 0 unspecified atom stereocenters. The van der Waals surface area contributed by atoms with Gasteiger partial charge in [-0.25, -0.2) is 13.1 Å². The number of nitrogens with one attached hydrogen (secondary N) is 1. The maximum atomic E-state index is 12.2. The fourth-order valence-electron chi connectivity index (χ4n) is 2.18. The van der Waals surface area contributed by atoms with Crippen LogP contribution in [0.5, 0.6) is 5.75 Å². The van der Waals surface area contributed by atoms with Gasteiger partial charge in [-0.15, -0.1) is 0 Å². The fraction of sp³-hybridized carbons (Fsp3) is 0.538. The molecule has 1 aliphatic carbocycles. The number of hydrogen-bond acceptors (Lipinski definition) is 5. The number of rotatable bonds is 6. The van der Waals surface area contributed by atoms with Crippen LogP contribution in [0.2, 0.25) is 0 Å². The van der Waals surface area contributed by atoms with Gasteiger partial charge in [-0.3, -0.25) is 0 Å². The molecule has 1 saturated carbocycles. The average Bonchev–Trinajstić information content (AvgIpc) is 2.36. The Morgan fingerprint density at radius 2 is 2.10 bits per heavy atom. The Kier molecular flexibility index (Phi) is 4.52. The molecule has 1 aromatic carbocycles. The zero-order valence-corrected chi connectivity index (χ0v) is 12.4. The Morgan fingerprint density at radius 3 is 2.70 bits per heavy atom. The number of sulfonamides is 1. The highest BCUT2D eigenvalue weighted by Gasteiger charge is 2.33. The van der Waals surface area contributed by atoms with Gasteiger partial charge in [-0.05, 0) is 31.9 Å². The first kappa shape index (κ1) is 15.1. The summed E-state index contributed by atoms with van der Waals surface area (Å²) in [5.74, 6) is 0.355. The maximum Gasteiger partial charge on any atom is 0.240 e. The van der Waals surface area contributed by atoms with Crippen molar-refractivity contribution in [3.05, 3.63) is 18.2 Å². The van der Waals surface area contributed by atoms with E-state index in [0.717, 1.165) is 0 Å². The van der Waals surface area contributed by atoms with Crippen molar-refractivity contribution in [2.75, 3.05) is 19.5 Å². The molecule has 1 aliphatic rings. The second-order valence-electron chi connectivity index (χ2n) is 4.77. The van der Waals surface area contributed by atoms with E-state index in [9.17, 15) is 8.42 Å². The third-order valence-corrected chi connectivity index (χ3v) is 4.85. The minimum absolute atomic E-state index is 0.0694. The monoisotopic (exact) mass is 300 g/mol. The molecular formula is C13H20N2O4S. The smallest absolute Gasteiger partial charge is 0.240 e. The molecule has 0 amide bonds. The summed E-state index contributed by atoms with van der Waals surface area (Å²) >= 11 is 0. The van der Waals surface area contributed by atoms with Crippen molar-refractivity contribution in [3.8, 4) is 5.75 Å². The van der Waals surface area contributed by atoms with Gasteiger partial charge >= 0.3 is 0 Å². The molecule has 0 bridgehead atoms. The molecule has 1 aromatic rings. The molecule has 0 heterocycles. The van der Waals surface area contributed by atoms with E-state index in [1.165, 1.54) is 25.3 Å². The van der Waals surface area contributed by atoms with Gasteiger partial charge in [0.1, 0.15) is 5.75 Å². The van der Waals surface area contributed by atoms with Crippen LogP contribution >= 0.6 is 0 Å². The third-order valence-electron chi connectivity index (χ3n) is 3.33. The van der Waals surface area contributed by atoms with Gasteiger partial charge in [-0.1, -0.05) is 0 Å². The second kappa shape index (κ2) is 5.99. The molecular weight excluding hydrogens is 280 g/mol. The van der Waals surface area contributed by atoms with Crippen LogP contribution in [-0.4, -0.2) is 34.3 Å². The van der Waals surface area contributed by atoms with E-state index >= 15 is 0 Å². The Balaban J connectivity index is 2.04. The predicted molar refractivity (Wildman–Crippen MR) is 76.2 cm³/mol. The molecule has 3 N–H and O–H groups in total. The highest BCUT2D eigenvalue weighted by Crippen LogP contribution is 2.28. The Labute approximate surface area is 119 Å². The summed E-state index contributed by atoms with van der Waals surface area (Å²) in [6, 6.07) is 4.35. The highest BCUT2D eigenvalue weighted by molar-refractivity contribution is 7.89. The Morgan fingerprint density at radius 1 is 1.40 bits per heavy atom. The summed E-state index contributed by atoms with van der Waals surface area (Å²) in [5, 5.41) is 0. The number of hydrogen-bond donors (Lipinski definition) is 2. The van der Waals surface area contributed by atoms with E-state index in [-0.39, 0.29) is 17.0 Å². The summed E-state index contributed by atoms with van der Waals surface area (Å²) in [6.45, 7) is 2.58. The number of nitrogens with two attached hydrogens (primary N) is 1. The van der Waals surface area contributed by atoms with Gasteiger partial charge in [0.05, 0.1) is 23.8 Å². The van der Waals surface area contributed by atoms with Crippen molar-refractivity contribution in [2.45, 2.75) is 36.8 Å². The highest BCUT2D eigenvalue weighted by atomic mass is 32.2. The van der Waals surface area contributed by atoms with E-state index < -0.39 is 10.0 Å². The SMILES string of the molecule is CCOC1CC(NS(=O)(=O)c2ccc(N)c(OC)c2)C1. The molecule has 0 radical (unpaired) electrons. The number of anilines is 1. The van der Waals surface area contributed by atoms with Crippen LogP contribution in [0, 0.1) is 0 Å². The second-order valence-corrected chi connectivity index (χ2v) is 6.48. The van der Waals surface area contributed by atoms with Gasteiger partial charge < -0.3 is 15.2 Å². The first-order chi connectivity index (χ1) is 9.46. The lowest BCUT2D eigenvalue weighted by atomic mass is 9.90. The van der Waals surface area contributed by atoms with Crippen LogP contribution in [0.3, 0.4) is 0 Å². The number of methoxy groups -OCH3 is 1. The first-order valence-corrected chi connectivity index (χ1v) is 8.02. The maximum absolute atomic E-state index is 12.2. The number of benzene rings is 1. The van der Waals surface area contributed by atoms with Crippen LogP contribution in [-0.2, 0) is 14.8 Å². The zero-order valence-electron chi connectivity index (χ0n) is 11.6. The van der Waals surface area contributed by atoms with Crippen molar-refractivity contribution in [1.82, 2.24) is 4.72 Å². The molecule has 0 aromatic heterocycles. The largest absolute Gasteiger partial charge is 0.495 e. The quantitative estimate of drug-likeness (QED) is 0.768. The van der Waals surface area contributed by atoms with Gasteiger partial charge in [0.2, 0.25) is 10.0 Å². The molecule has 0 spiro atoms. The van der Waals surface area contributed by atoms with E-state index in [0.29, 0.717) is 30.9 Å². The summed E-state index contributed by atoms with van der Waals surface area (Å²) in [6.07, 6.45) is 1.58. The lowest BCUT2D eigenvalue weighted by molar-refractivity contribution is -0.00475. The lowest BCUT2D eigenvalue weighted by Crippen LogP contribution is -2.47. The summed E-state index contributed by atoms with van der Waals surface area (Å²) in [5.41, 5.74) is 6.09. The normalized spacial score (nSPS) is 22.3. The molecule has 20 heavy (non-hydrogen) atoms. The van der Waals surface area contributed by atoms with E-state index in [1.54, 1.807) is 0 Å². The predicted octanol–water partition coefficient (Wildman–Crippen LogP) is 1.12. The lowest BCUT2D eigenvalue weighted by Gasteiger charge is -2.35. The van der Waals surface area contributed by atoms with Crippen molar-refractivity contribution in [2.24, 2.45) is 0 Å². The molecule has 0 saturated heterocycles. The van der Waals surface area contributed by atoms with Crippen LogP contribution in [0.25, 0.3) is 0 Å². The van der Waals surface area contributed by atoms with Gasteiger partial charge in [-0.2, -0.15) is 0 Å². The molecule has 2 rings (SSSR count). The van der Waals surface area contributed by atoms with E-state index in [1.807, 2.05) is 6.92 Å². The van der Waals surface area contributed by atoms with Gasteiger partial charge in [0.15, 0.2) is 0 Å². The summed E-state index contributed by atoms with van der Waals surface area (Å²) in [4.78, 5) is 0.156. The van der Waals surface area contributed by atoms with Crippen molar-refractivity contribution < 1.29 is 17.9 Å². The van der Waals surface area contributed by atoms with Crippen LogP contribution in [0.15, 0.2) is 23.1 Å². The molecule has 6 nitrogen and oxygen atoms in total. The minimum atomic E-state index is -3.55. The number of ether oxygens (including phenoxy) is 2. The first-order valence-electron chi connectivity index (χ1n) is 6.53. The van der Waals surface area contributed by atoms with E-state index in [4.69, 9.17) is 15.2 Å². The van der Waals surface area contributed by atoms with Crippen LogP contribution in [0.4, 0.5) is 5.69 Å². The Bertz CT molecular complexity index is 568. The van der Waals surface area contributed by atoms with Crippen molar-refractivity contribution in [3.63, 3.8) is 0 Å². The molecule has 0 atom stereocenters. The van der Waals surface area contributed by atoms with Crippen LogP contribution < -0.4 is 15.2 Å². The standard InChI is InChI=1S/C13H20N2O4S/c1-3-19-10-6-9(7-10)15-20(16,17)11-4-5-12(14)13(8-11)18-2/h4-5,8-10,15H,3,6-7,14H2,1-2H3. The van der Waals surface area contributed by atoms with Gasteiger partial charge in [0, 0.05) is 18.7 Å². The molecule has 7 heteroatoms. The van der Waals surface area contributed by atoms with Crippen LogP contribution in [0.1, 0.15) is 19.8 Å². The number of nitrogen functional groups attached to an aromatic ring is 1. The van der Waals surface area contributed by atoms with Crippen molar-refractivity contribution >= 4 is 15.7 Å². The fourth-order valence-corrected chi connectivity index (χ4v) is 3.46. The third kappa shape index (κ3) is 3.23. The summed E-state index contributed by atoms with van der Waals surface area (Å²) < 4.78 is 37.6.